The molecule has 1 heterocycles. The highest BCUT2D eigenvalue weighted by atomic mass is 79.9. The van der Waals surface area contributed by atoms with Crippen LogP contribution >= 0.6 is 15.9 Å². The normalized spacial score (nSPS) is 16.7. The van der Waals surface area contributed by atoms with Gasteiger partial charge in [0.15, 0.2) is 11.5 Å². The van der Waals surface area contributed by atoms with Crippen molar-refractivity contribution in [3.05, 3.63) is 55.5 Å². The predicted molar refractivity (Wildman–Crippen MR) is 105 cm³/mol. The first kappa shape index (κ1) is 19.4. The fraction of sp³-hybridized carbons (Fsp3) is 0.368. The molecule has 0 aromatic heterocycles. The zero-order chi connectivity index (χ0) is 19.7. The first-order chi connectivity index (χ1) is 12.8. The molecule has 0 amide bonds. The third-order valence-corrected chi connectivity index (χ3v) is 5.65. The zero-order valence-corrected chi connectivity index (χ0v) is 16.9. The lowest BCUT2D eigenvalue weighted by Crippen LogP contribution is -2.33. The van der Waals surface area contributed by atoms with E-state index >= 15 is 0 Å². The second-order valence-corrected chi connectivity index (χ2v) is 7.40. The summed E-state index contributed by atoms with van der Waals surface area (Å²) in [7, 11) is 4.98. The van der Waals surface area contributed by atoms with Gasteiger partial charge in [0.25, 0.3) is 5.69 Å². The Kier molecular flexibility index (Phi) is 5.57. The first-order valence-electron chi connectivity index (χ1n) is 8.46. The van der Waals surface area contributed by atoms with E-state index in [9.17, 15) is 15.2 Å². The van der Waals surface area contributed by atoms with Gasteiger partial charge in [0.2, 0.25) is 0 Å². The van der Waals surface area contributed by atoms with Crippen LogP contribution in [0.2, 0.25) is 0 Å². The fourth-order valence-electron chi connectivity index (χ4n) is 3.55. The second-order valence-electron chi connectivity index (χ2n) is 6.55. The van der Waals surface area contributed by atoms with E-state index in [0.29, 0.717) is 28.0 Å². The van der Waals surface area contributed by atoms with E-state index in [1.807, 2.05) is 13.1 Å². The minimum Gasteiger partial charge on any atom is -0.504 e. The molecule has 3 rings (SSSR count). The van der Waals surface area contributed by atoms with Crippen molar-refractivity contribution in [1.82, 2.24) is 4.90 Å². The zero-order valence-electron chi connectivity index (χ0n) is 15.4. The summed E-state index contributed by atoms with van der Waals surface area (Å²) in [5, 5.41) is 21.8. The van der Waals surface area contributed by atoms with E-state index in [4.69, 9.17) is 9.47 Å². The van der Waals surface area contributed by atoms with Crippen LogP contribution in [0.5, 0.6) is 17.2 Å². The predicted octanol–water partition coefficient (Wildman–Crippen LogP) is 3.85. The highest BCUT2D eigenvalue weighted by Gasteiger charge is 2.29. The molecule has 0 bridgehead atoms. The Labute approximate surface area is 165 Å². The van der Waals surface area contributed by atoms with Crippen LogP contribution < -0.4 is 9.47 Å². The standard InChI is InChI=1S/C19H21BrN2O5/c1-21-5-4-11-8-19(27-3)17(23)9-13(11)16(21)7-12-6-14(20)18(26-2)10-15(12)22(24)25/h6,8-10,16,23H,4-5,7H2,1-3H3. The highest BCUT2D eigenvalue weighted by Crippen LogP contribution is 2.41. The number of nitro groups is 1. The van der Waals surface area contributed by atoms with Crippen molar-refractivity contribution >= 4 is 21.6 Å². The number of phenolic OH excluding ortho intramolecular Hbond substituents is 1. The average Bonchev–Trinajstić information content (AvgIpc) is 2.63. The maximum Gasteiger partial charge on any atom is 0.276 e. The van der Waals surface area contributed by atoms with Gasteiger partial charge >= 0.3 is 0 Å². The summed E-state index contributed by atoms with van der Waals surface area (Å²) in [5.41, 5.74) is 2.67. The van der Waals surface area contributed by atoms with E-state index in [-0.39, 0.29) is 22.4 Å². The number of hydrogen-bond donors (Lipinski definition) is 1. The lowest BCUT2D eigenvalue weighted by atomic mass is 9.88. The number of likely N-dealkylation sites (N-methyl/N-ethyl adjacent to an activating group) is 1. The fourth-order valence-corrected chi connectivity index (χ4v) is 4.11. The smallest absolute Gasteiger partial charge is 0.276 e. The molecule has 0 saturated heterocycles. The van der Waals surface area contributed by atoms with E-state index in [1.165, 1.54) is 20.3 Å². The lowest BCUT2D eigenvalue weighted by molar-refractivity contribution is -0.385. The Balaban J connectivity index is 2.05. The number of nitrogens with zero attached hydrogens (tertiary/aromatic N) is 2. The van der Waals surface area contributed by atoms with Gasteiger partial charge in [0.05, 0.1) is 29.7 Å². The summed E-state index contributed by atoms with van der Waals surface area (Å²) in [6.45, 7) is 0.816. The highest BCUT2D eigenvalue weighted by molar-refractivity contribution is 9.10. The van der Waals surface area contributed by atoms with Crippen molar-refractivity contribution in [3.8, 4) is 17.2 Å². The third kappa shape index (κ3) is 3.72. The number of nitro benzene ring substituents is 1. The lowest BCUT2D eigenvalue weighted by Gasteiger charge is -2.35. The van der Waals surface area contributed by atoms with Crippen molar-refractivity contribution < 1.29 is 19.5 Å². The minimum atomic E-state index is -0.389. The molecule has 2 aromatic rings. The largest absolute Gasteiger partial charge is 0.504 e. The molecule has 1 atom stereocenters. The van der Waals surface area contributed by atoms with Crippen LogP contribution in [-0.2, 0) is 12.8 Å². The molecule has 0 spiro atoms. The number of hydrogen-bond acceptors (Lipinski definition) is 6. The number of fused-ring (bicyclic) bond motifs is 1. The Hall–Kier alpha value is -2.32. The molecule has 1 N–H and O–H groups in total. The topological polar surface area (TPSA) is 85.1 Å². The number of halogens is 1. The molecule has 144 valence electrons. The Bertz CT molecular complexity index is 887. The van der Waals surface area contributed by atoms with Crippen LogP contribution in [0.4, 0.5) is 5.69 Å². The molecule has 1 aliphatic heterocycles. The quantitative estimate of drug-likeness (QED) is 0.565. The molecule has 0 saturated carbocycles. The van der Waals surface area contributed by atoms with Gasteiger partial charge in [-0.2, -0.15) is 0 Å². The van der Waals surface area contributed by atoms with Crippen molar-refractivity contribution in [2.75, 3.05) is 27.8 Å². The van der Waals surface area contributed by atoms with Gasteiger partial charge < -0.3 is 14.6 Å². The van der Waals surface area contributed by atoms with Crippen LogP contribution in [0.1, 0.15) is 22.7 Å². The maximum atomic E-state index is 11.6. The number of phenols is 1. The summed E-state index contributed by atoms with van der Waals surface area (Å²) < 4.78 is 11.1. The first-order valence-corrected chi connectivity index (χ1v) is 9.25. The summed E-state index contributed by atoms with van der Waals surface area (Å²) in [6.07, 6.45) is 1.27. The van der Waals surface area contributed by atoms with Gasteiger partial charge in [0.1, 0.15) is 5.75 Å². The van der Waals surface area contributed by atoms with Gasteiger partial charge in [0, 0.05) is 18.2 Å². The van der Waals surface area contributed by atoms with Gasteiger partial charge in [-0.15, -0.1) is 0 Å². The third-order valence-electron chi connectivity index (χ3n) is 5.03. The average molecular weight is 437 g/mol. The number of methoxy groups -OCH3 is 2. The maximum absolute atomic E-state index is 11.6. The number of aromatic hydroxyl groups is 1. The molecular formula is C19H21BrN2O5. The Morgan fingerprint density at radius 2 is 1.96 bits per heavy atom. The van der Waals surface area contributed by atoms with E-state index in [0.717, 1.165) is 24.1 Å². The van der Waals surface area contributed by atoms with Crippen molar-refractivity contribution in [3.63, 3.8) is 0 Å². The molecule has 8 heteroatoms. The summed E-state index contributed by atoms with van der Waals surface area (Å²) >= 11 is 3.42. The summed E-state index contributed by atoms with van der Waals surface area (Å²) in [6, 6.07) is 6.64. The minimum absolute atomic E-state index is 0.0216. The SMILES string of the molecule is COc1cc2c(cc1O)C(Cc1cc(Br)c(OC)cc1[N+](=O)[O-])N(C)CC2. The van der Waals surface area contributed by atoms with Gasteiger partial charge in [-0.1, -0.05) is 0 Å². The van der Waals surface area contributed by atoms with Gasteiger partial charge in [-0.25, -0.2) is 0 Å². The molecule has 0 radical (unpaired) electrons. The Morgan fingerprint density at radius 1 is 1.26 bits per heavy atom. The van der Waals surface area contributed by atoms with Crippen LogP contribution in [0.3, 0.4) is 0 Å². The van der Waals surface area contributed by atoms with Gasteiger partial charge in [-0.3, -0.25) is 15.0 Å². The van der Waals surface area contributed by atoms with E-state index in [1.54, 1.807) is 12.1 Å². The molecule has 27 heavy (non-hydrogen) atoms. The molecule has 0 aliphatic carbocycles. The number of ether oxygens (including phenoxy) is 2. The monoisotopic (exact) mass is 436 g/mol. The second kappa shape index (κ2) is 7.74. The van der Waals surface area contributed by atoms with Crippen molar-refractivity contribution in [1.29, 1.82) is 0 Å². The van der Waals surface area contributed by atoms with Crippen LogP contribution in [0.25, 0.3) is 0 Å². The van der Waals surface area contributed by atoms with Crippen LogP contribution in [-0.4, -0.2) is 42.7 Å². The molecule has 7 nitrogen and oxygen atoms in total. The molecular weight excluding hydrogens is 416 g/mol. The van der Waals surface area contributed by atoms with Crippen molar-refractivity contribution in [2.24, 2.45) is 0 Å². The number of rotatable bonds is 5. The summed E-state index contributed by atoms with van der Waals surface area (Å²) in [4.78, 5) is 13.3. The van der Waals surface area contributed by atoms with Gasteiger partial charge in [-0.05, 0) is 65.1 Å². The molecule has 1 unspecified atom stereocenters. The van der Waals surface area contributed by atoms with E-state index < -0.39 is 0 Å². The molecule has 0 fully saturated rings. The number of benzene rings is 2. The molecule has 1 aliphatic rings. The van der Waals surface area contributed by atoms with Crippen LogP contribution in [0.15, 0.2) is 28.7 Å². The summed E-state index contributed by atoms with van der Waals surface area (Å²) in [5.74, 6) is 0.933. The molecule has 2 aromatic carbocycles. The van der Waals surface area contributed by atoms with E-state index in [2.05, 4.69) is 20.8 Å². The van der Waals surface area contributed by atoms with Crippen molar-refractivity contribution in [2.45, 2.75) is 18.9 Å². The Morgan fingerprint density at radius 3 is 2.59 bits per heavy atom. The van der Waals surface area contributed by atoms with Crippen LogP contribution in [0, 0.1) is 10.1 Å².